The Labute approximate surface area is 130 Å². The third-order valence-corrected chi connectivity index (χ3v) is 4.47. The lowest BCUT2D eigenvalue weighted by Crippen LogP contribution is -2.42. The molecule has 0 unspecified atom stereocenters. The summed E-state index contributed by atoms with van der Waals surface area (Å²) >= 11 is 7.33. The number of halogens is 1. The maximum atomic E-state index is 12.3. The summed E-state index contributed by atoms with van der Waals surface area (Å²) in [5, 5.41) is 9.82. The van der Waals surface area contributed by atoms with Gasteiger partial charge in [0.1, 0.15) is 0 Å². The smallest absolute Gasteiger partial charge is 0.233 e. The molecular weight excluding hydrogens is 294 g/mol. The lowest BCUT2D eigenvalue weighted by atomic mass is 10.1. The van der Waals surface area contributed by atoms with Gasteiger partial charge < -0.3 is 10.0 Å². The van der Waals surface area contributed by atoms with Crippen molar-refractivity contribution in [3.8, 4) is 0 Å². The van der Waals surface area contributed by atoms with Crippen molar-refractivity contribution in [2.24, 2.45) is 0 Å². The zero-order valence-electron chi connectivity index (χ0n) is 12.0. The predicted molar refractivity (Wildman–Crippen MR) is 85.3 cm³/mol. The third kappa shape index (κ3) is 5.35. The van der Waals surface area contributed by atoms with E-state index in [1.807, 2.05) is 24.3 Å². The molecule has 20 heavy (non-hydrogen) atoms. The van der Waals surface area contributed by atoms with Crippen LogP contribution in [-0.4, -0.2) is 40.9 Å². The first kappa shape index (κ1) is 17.3. The van der Waals surface area contributed by atoms with E-state index in [1.165, 1.54) is 11.8 Å². The normalized spacial score (nSPS) is 10.8. The van der Waals surface area contributed by atoms with Crippen molar-refractivity contribution < 1.29 is 9.90 Å². The molecular formula is C15H22ClNO2S. The van der Waals surface area contributed by atoms with Gasteiger partial charge in [0.2, 0.25) is 5.91 Å². The fourth-order valence-electron chi connectivity index (χ4n) is 2.11. The van der Waals surface area contributed by atoms with Gasteiger partial charge in [0.05, 0.1) is 12.4 Å². The first-order valence-electron chi connectivity index (χ1n) is 6.91. The van der Waals surface area contributed by atoms with Crippen LogP contribution in [0.5, 0.6) is 0 Å². The Hall–Kier alpha value is -0.710. The standard InChI is InChI=1S/C15H22ClNO2S/c1-3-13(4-2)17(9-10-18)15(19)11-20-14-7-5-12(16)6-8-14/h5-8,13,18H,3-4,9-11H2,1-2H3. The Morgan fingerprint density at radius 3 is 2.40 bits per heavy atom. The molecule has 0 aliphatic rings. The van der Waals surface area contributed by atoms with Crippen LogP contribution in [0.15, 0.2) is 29.2 Å². The number of aliphatic hydroxyl groups excluding tert-OH is 1. The number of hydrogen-bond acceptors (Lipinski definition) is 3. The van der Waals surface area contributed by atoms with Gasteiger partial charge in [-0.2, -0.15) is 0 Å². The molecule has 0 heterocycles. The van der Waals surface area contributed by atoms with Crippen molar-refractivity contribution in [2.75, 3.05) is 18.9 Å². The fourth-order valence-corrected chi connectivity index (χ4v) is 3.02. The second-order valence-electron chi connectivity index (χ2n) is 4.52. The highest BCUT2D eigenvalue weighted by Gasteiger charge is 2.20. The molecule has 0 saturated heterocycles. The zero-order valence-corrected chi connectivity index (χ0v) is 13.6. The van der Waals surface area contributed by atoms with E-state index in [9.17, 15) is 4.79 Å². The van der Waals surface area contributed by atoms with E-state index in [-0.39, 0.29) is 18.6 Å². The van der Waals surface area contributed by atoms with Crippen molar-refractivity contribution in [1.29, 1.82) is 0 Å². The molecule has 0 spiro atoms. The first-order valence-corrected chi connectivity index (χ1v) is 8.27. The lowest BCUT2D eigenvalue weighted by molar-refractivity contribution is -0.131. The van der Waals surface area contributed by atoms with Crippen LogP contribution in [0.3, 0.4) is 0 Å². The minimum atomic E-state index is 0.00779. The molecule has 0 fully saturated rings. The molecule has 0 radical (unpaired) electrons. The van der Waals surface area contributed by atoms with E-state index in [1.54, 1.807) is 4.90 Å². The molecule has 1 rings (SSSR count). The summed E-state index contributed by atoms with van der Waals surface area (Å²) in [7, 11) is 0. The number of hydrogen-bond donors (Lipinski definition) is 1. The summed E-state index contributed by atoms with van der Waals surface area (Å²) in [5.74, 6) is 0.464. The summed E-state index contributed by atoms with van der Waals surface area (Å²) in [6.07, 6.45) is 1.82. The minimum Gasteiger partial charge on any atom is -0.395 e. The van der Waals surface area contributed by atoms with Crippen molar-refractivity contribution in [3.63, 3.8) is 0 Å². The van der Waals surface area contributed by atoms with Gasteiger partial charge in [0, 0.05) is 22.5 Å². The summed E-state index contributed by atoms with van der Waals surface area (Å²) in [5.41, 5.74) is 0. The number of carbonyl (C=O) groups is 1. The molecule has 112 valence electrons. The second kappa shape index (κ2) is 9.27. The number of nitrogens with zero attached hydrogens (tertiary/aromatic N) is 1. The quantitative estimate of drug-likeness (QED) is 0.747. The largest absolute Gasteiger partial charge is 0.395 e. The van der Waals surface area contributed by atoms with Crippen LogP contribution in [-0.2, 0) is 4.79 Å². The Bertz CT molecular complexity index is 407. The van der Waals surface area contributed by atoms with Crippen molar-refractivity contribution >= 4 is 29.3 Å². The highest BCUT2D eigenvalue weighted by Crippen LogP contribution is 2.21. The van der Waals surface area contributed by atoms with Gasteiger partial charge in [-0.3, -0.25) is 4.79 Å². The number of amides is 1. The van der Waals surface area contributed by atoms with Gasteiger partial charge in [-0.1, -0.05) is 25.4 Å². The van der Waals surface area contributed by atoms with Crippen LogP contribution in [0.4, 0.5) is 0 Å². The Morgan fingerprint density at radius 1 is 1.30 bits per heavy atom. The van der Waals surface area contributed by atoms with Crippen LogP contribution >= 0.6 is 23.4 Å². The molecule has 1 aromatic carbocycles. The summed E-state index contributed by atoms with van der Waals surface area (Å²) in [6.45, 7) is 4.55. The summed E-state index contributed by atoms with van der Waals surface area (Å²) in [6, 6.07) is 7.67. The average molecular weight is 316 g/mol. The monoisotopic (exact) mass is 315 g/mol. The van der Waals surface area contributed by atoms with Gasteiger partial charge in [0.25, 0.3) is 0 Å². The molecule has 3 nitrogen and oxygen atoms in total. The Kier molecular flexibility index (Phi) is 8.04. The van der Waals surface area contributed by atoms with Gasteiger partial charge in [0.15, 0.2) is 0 Å². The van der Waals surface area contributed by atoms with E-state index < -0.39 is 0 Å². The van der Waals surface area contributed by atoms with E-state index in [4.69, 9.17) is 16.7 Å². The molecule has 0 aliphatic carbocycles. The van der Waals surface area contributed by atoms with E-state index in [0.717, 1.165) is 17.7 Å². The van der Waals surface area contributed by atoms with E-state index in [2.05, 4.69) is 13.8 Å². The molecule has 5 heteroatoms. The minimum absolute atomic E-state index is 0.00779. The lowest BCUT2D eigenvalue weighted by Gasteiger charge is -2.30. The number of benzene rings is 1. The zero-order chi connectivity index (χ0) is 15.0. The summed E-state index contributed by atoms with van der Waals surface area (Å²) < 4.78 is 0. The number of aliphatic hydroxyl groups is 1. The van der Waals surface area contributed by atoms with E-state index in [0.29, 0.717) is 17.3 Å². The van der Waals surface area contributed by atoms with Crippen LogP contribution in [0.2, 0.25) is 5.02 Å². The third-order valence-electron chi connectivity index (χ3n) is 3.22. The van der Waals surface area contributed by atoms with E-state index >= 15 is 0 Å². The first-order chi connectivity index (χ1) is 9.62. The van der Waals surface area contributed by atoms with Crippen LogP contribution in [0.1, 0.15) is 26.7 Å². The molecule has 0 aromatic heterocycles. The second-order valence-corrected chi connectivity index (χ2v) is 6.01. The van der Waals surface area contributed by atoms with Crippen LogP contribution in [0.25, 0.3) is 0 Å². The molecule has 1 aromatic rings. The molecule has 1 N–H and O–H groups in total. The molecule has 1 amide bonds. The highest BCUT2D eigenvalue weighted by atomic mass is 35.5. The highest BCUT2D eigenvalue weighted by molar-refractivity contribution is 8.00. The van der Waals surface area contributed by atoms with Gasteiger partial charge in [-0.05, 0) is 37.1 Å². The van der Waals surface area contributed by atoms with Crippen molar-refractivity contribution in [3.05, 3.63) is 29.3 Å². The molecule has 0 saturated carbocycles. The van der Waals surface area contributed by atoms with Gasteiger partial charge in [-0.15, -0.1) is 11.8 Å². The predicted octanol–water partition coefficient (Wildman–Crippen LogP) is 3.44. The van der Waals surface area contributed by atoms with Crippen molar-refractivity contribution in [2.45, 2.75) is 37.6 Å². The maximum absolute atomic E-state index is 12.3. The number of carbonyl (C=O) groups excluding carboxylic acids is 1. The fraction of sp³-hybridized carbons (Fsp3) is 0.533. The number of thioether (sulfide) groups is 1. The topological polar surface area (TPSA) is 40.5 Å². The van der Waals surface area contributed by atoms with Gasteiger partial charge in [-0.25, -0.2) is 0 Å². The van der Waals surface area contributed by atoms with Crippen LogP contribution in [0, 0.1) is 0 Å². The maximum Gasteiger partial charge on any atom is 0.233 e. The Balaban J connectivity index is 2.59. The number of rotatable bonds is 8. The summed E-state index contributed by atoms with van der Waals surface area (Å²) in [4.78, 5) is 15.1. The Morgan fingerprint density at radius 2 is 1.90 bits per heavy atom. The van der Waals surface area contributed by atoms with Crippen LogP contribution < -0.4 is 0 Å². The SMILES string of the molecule is CCC(CC)N(CCO)C(=O)CSc1ccc(Cl)cc1. The molecule has 0 aliphatic heterocycles. The molecule has 0 bridgehead atoms. The van der Waals surface area contributed by atoms with Gasteiger partial charge >= 0.3 is 0 Å². The van der Waals surface area contributed by atoms with Crippen molar-refractivity contribution in [1.82, 2.24) is 4.90 Å². The average Bonchev–Trinajstić information content (AvgIpc) is 2.46. The molecule has 0 atom stereocenters.